The molecule has 0 saturated carbocycles. The third kappa shape index (κ3) is 3.32. The normalized spacial score (nSPS) is 13.5. The molecule has 0 aromatic carbocycles. The molecule has 1 atom stereocenters. The highest BCUT2D eigenvalue weighted by Crippen LogP contribution is 2.17. The van der Waals surface area contributed by atoms with Crippen LogP contribution in [0.2, 0.25) is 0 Å². The van der Waals surface area contributed by atoms with Gasteiger partial charge >= 0.3 is 0 Å². The van der Waals surface area contributed by atoms with Crippen molar-refractivity contribution in [2.45, 2.75) is 33.5 Å². The highest BCUT2D eigenvalue weighted by atomic mass is 32.1. The minimum Gasteiger partial charge on any atom is -0.375 e. The molecule has 1 rings (SSSR count). The maximum Gasteiger partial charge on any atom is 0.180 e. The first-order chi connectivity index (χ1) is 6.09. The summed E-state index contributed by atoms with van der Waals surface area (Å²) >= 11 is 1.48. The number of thiazole rings is 1. The summed E-state index contributed by atoms with van der Waals surface area (Å²) < 4.78 is 5.62. The molecule has 0 fully saturated rings. The Morgan fingerprint density at radius 1 is 1.54 bits per heavy atom. The van der Waals surface area contributed by atoms with Crippen LogP contribution in [-0.2, 0) is 11.3 Å². The fourth-order valence-corrected chi connectivity index (χ4v) is 1.40. The monoisotopic (exact) mass is 200 g/mol. The van der Waals surface area contributed by atoms with Gasteiger partial charge in [-0.05, 0) is 12.8 Å². The summed E-state index contributed by atoms with van der Waals surface area (Å²) in [5.41, 5.74) is 5.50. The molecule has 0 aliphatic rings. The number of nitrogen functional groups attached to an aromatic ring is 1. The van der Waals surface area contributed by atoms with Crippen LogP contribution in [-0.4, -0.2) is 11.1 Å². The summed E-state index contributed by atoms with van der Waals surface area (Å²) in [6.45, 7) is 6.99. The molecule has 0 amide bonds. The van der Waals surface area contributed by atoms with Crippen molar-refractivity contribution in [2.24, 2.45) is 5.92 Å². The molecular weight excluding hydrogens is 184 g/mol. The zero-order valence-corrected chi connectivity index (χ0v) is 9.10. The fourth-order valence-electron chi connectivity index (χ4n) is 0.795. The first kappa shape index (κ1) is 10.5. The van der Waals surface area contributed by atoms with Crippen LogP contribution in [0.4, 0.5) is 5.13 Å². The van der Waals surface area contributed by atoms with Gasteiger partial charge in [-0.15, -0.1) is 0 Å². The molecule has 0 aliphatic carbocycles. The average molecular weight is 200 g/mol. The Bertz CT molecular complexity index is 260. The molecule has 0 aliphatic heterocycles. The van der Waals surface area contributed by atoms with Gasteiger partial charge in [-0.1, -0.05) is 25.2 Å². The molecule has 1 heterocycles. The Kier molecular flexibility index (Phi) is 3.69. The van der Waals surface area contributed by atoms with Gasteiger partial charge in [-0.3, -0.25) is 0 Å². The van der Waals surface area contributed by atoms with E-state index >= 15 is 0 Å². The summed E-state index contributed by atoms with van der Waals surface area (Å²) in [5.74, 6) is 0.547. The van der Waals surface area contributed by atoms with Crippen molar-refractivity contribution in [2.75, 3.05) is 5.73 Å². The maximum atomic E-state index is 5.62. The zero-order valence-electron chi connectivity index (χ0n) is 8.28. The molecule has 0 spiro atoms. The van der Waals surface area contributed by atoms with Gasteiger partial charge in [0.1, 0.15) is 0 Å². The third-order valence-electron chi connectivity index (χ3n) is 2.00. The largest absolute Gasteiger partial charge is 0.375 e. The second kappa shape index (κ2) is 4.58. The molecule has 13 heavy (non-hydrogen) atoms. The molecule has 0 bridgehead atoms. The molecule has 74 valence electrons. The second-order valence-electron chi connectivity index (χ2n) is 3.42. The van der Waals surface area contributed by atoms with E-state index in [4.69, 9.17) is 10.5 Å². The van der Waals surface area contributed by atoms with Gasteiger partial charge in [0.2, 0.25) is 0 Å². The Hall–Kier alpha value is -0.610. The lowest BCUT2D eigenvalue weighted by Gasteiger charge is -2.15. The van der Waals surface area contributed by atoms with Crippen LogP contribution in [0.15, 0.2) is 6.20 Å². The number of aromatic nitrogens is 1. The summed E-state index contributed by atoms with van der Waals surface area (Å²) in [5, 5.41) is 0.607. The SMILES string of the molecule is CC(C)C(C)OCc1cnc(N)s1. The van der Waals surface area contributed by atoms with Crippen molar-refractivity contribution in [3.05, 3.63) is 11.1 Å². The van der Waals surface area contributed by atoms with E-state index in [0.717, 1.165) is 4.88 Å². The molecule has 1 unspecified atom stereocenters. The van der Waals surface area contributed by atoms with Crippen LogP contribution in [0.5, 0.6) is 0 Å². The van der Waals surface area contributed by atoms with E-state index in [2.05, 4.69) is 25.8 Å². The van der Waals surface area contributed by atoms with Gasteiger partial charge in [0, 0.05) is 6.20 Å². The van der Waals surface area contributed by atoms with E-state index in [0.29, 0.717) is 17.7 Å². The van der Waals surface area contributed by atoms with Gasteiger partial charge in [0.05, 0.1) is 17.6 Å². The van der Waals surface area contributed by atoms with Crippen molar-refractivity contribution >= 4 is 16.5 Å². The second-order valence-corrected chi connectivity index (χ2v) is 4.57. The van der Waals surface area contributed by atoms with Gasteiger partial charge in [-0.2, -0.15) is 0 Å². The molecule has 2 N–H and O–H groups in total. The van der Waals surface area contributed by atoms with E-state index in [-0.39, 0.29) is 6.10 Å². The maximum absolute atomic E-state index is 5.62. The van der Waals surface area contributed by atoms with Gasteiger partial charge in [-0.25, -0.2) is 4.98 Å². The van der Waals surface area contributed by atoms with Crippen molar-refractivity contribution < 1.29 is 4.74 Å². The van der Waals surface area contributed by atoms with Gasteiger partial charge < -0.3 is 10.5 Å². The van der Waals surface area contributed by atoms with E-state index in [1.165, 1.54) is 11.3 Å². The highest BCUT2D eigenvalue weighted by molar-refractivity contribution is 7.15. The number of nitrogens with zero attached hydrogens (tertiary/aromatic N) is 1. The minimum absolute atomic E-state index is 0.281. The van der Waals surface area contributed by atoms with Crippen LogP contribution in [0, 0.1) is 5.92 Å². The molecule has 3 nitrogen and oxygen atoms in total. The van der Waals surface area contributed by atoms with Crippen molar-refractivity contribution in [3.8, 4) is 0 Å². The van der Waals surface area contributed by atoms with Crippen LogP contribution in [0.1, 0.15) is 25.6 Å². The number of rotatable bonds is 4. The number of hydrogen-bond acceptors (Lipinski definition) is 4. The van der Waals surface area contributed by atoms with E-state index in [1.54, 1.807) is 6.20 Å². The first-order valence-corrected chi connectivity index (χ1v) is 5.23. The standard InChI is InChI=1S/C9H16N2OS/c1-6(2)7(3)12-5-8-4-11-9(10)13-8/h4,6-7H,5H2,1-3H3,(H2,10,11). The number of hydrogen-bond donors (Lipinski definition) is 1. The van der Waals surface area contributed by atoms with E-state index in [1.807, 2.05) is 0 Å². The van der Waals surface area contributed by atoms with Crippen molar-refractivity contribution in [3.63, 3.8) is 0 Å². The summed E-state index contributed by atoms with van der Waals surface area (Å²) in [6.07, 6.45) is 2.05. The third-order valence-corrected chi connectivity index (χ3v) is 2.80. The topological polar surface area (TPSA) is 48.1 Å². The number of ether oxygens (including phenoxy) is 1. The Morgan fingerprint density at radius 3 is 2.69 bits per heavy atom. The van der Waals surface area contributed by atoms with Crippen LogP contribution in [0.25, 0.3) is 0 Å². The zero-order chi connectivity index (χ0) is 9.84. The Morgan fingerprint density at radius 2 is 2.23 bits per heavy atom. The highest BCUT2D eigenvalue weighted by Gasteiger charge is 2.08. The molecular formula is C9H16N2OS. The molecule has 1 aromatic heterocycles. The Balaban J connectivity index is 2.35. The number of nitrogens with two attached hydrogens (primary N) is 1. The van der Waals surface area contributed by atoms with Crippen molar-refractivity contribution in [1.29, 1.82) is 0 Å². The van der Waals surface area contributed by atoms with Crippen LogP contribution < -0.4 is 5.73 Å². The van der Waals surface area contributed by atoms with Gasteiger partial charge in [0.25, 0.3) is 0 Å². The van der Waals surface area contributed by atoms with Crippen molar-refractivity contribution in [1.82, 2.24) is 4.98 Å². The fraction of sp³-hybridized carbons (Fsp3) is 0.667. The minimum atomic E-state index is 0.281. The summed E-state index contributed by atoms with van der Waals surface area (Å²) in [6, 6.07) is 0. The average Bonchev–Trinajstić information content (AvgIpc) is 2.47. The van der Waals surface area contributed by atoms with E-state index in [9.17, 15) is 0 Å². The lowest BCUT2D eigenvalue weighted by atomic mass is 10.1. The van der Waals surface area contributed by atoms with Crippen LogP contribution >= 0.6 is 11.3 Å². The van der Waals surface area contributed by atoms with E-state index < -0.39 is 0 Å². The summed E-state index contributed by atoms with van der Waals surface area (Å²) in [7, 11) is 0. The quantitative estimate of drug-likeness (QED) is 0.811. The number of anilines is 1. The molecule has 4 heteroatoms. The van der Waals surface area contributed by atoms with Crippen LogP contribution in [0.3, 0.4) is 0 Å². The lowest BCUT2D eigenvalue weighted by molar-refractivity contribution is 0.0248. The first-order valence-electron chi connectivity index (χ1n) is 4.41. The summed E-state index contributed by atoms with van der Waals surface area (Å²) in [4.78, 5) is 5.04. The Labute approximate surface area is 82.9 Å². The predicted octanol–water partition coefficient (Wildman–Crippen LogP) is 2.29. The molecule has 0 radical (unpaired) electrons. The van der Waals surface area contributed by atoms with Gasteiger partial charge in [0.15, 0.2) is 5.13 Å². The molecule has 0 saturated heterocycles. The molecule has 1 aromatic rings. The lowest BCUT2D eigenvalue weighted by Crippen LogP contribution is -2.14. The smallest absolute Gasteiger partial charge is 0.180 e. The predicted molar refractivity (Wildman–Crippen MR) is 55.6 cm³/mol.